The van der Waals surface area contributed by atoms with Crippen molar-refractivity contribution in [2.24, 2.45) is 4.99 Å². The Balaban J connectivity index is 1.52. The minimum atomic E-state index is -0.610. The first-order chi connectivity index (χ1) is 13.0. The first-order valence-electron chi connectivity index (χ1n) is 8.89. The average molecular weight is 370 g/mol. The summed E-state index contributed by atoms with van der Waals surface area (Å²) >= 11 is 0. The van der Waals surface area contributed by atoms with Crippen molar-refractivity contribution in [1.82, 2.24) is 4.90 Å². The predicted molar refractivity (Wildman–Crippen MR) is 102 cm³/mol. The number of anilines is 2. The number of nitrogens with zero attached hydrogens (tertiary/aromatic N) is 3. The minimum absolute atomic E-state index is 0.270. The van der Waals surface area contributed by atoms with Crippen LogP contribution in [0.25, 0.3) is 0 Å². The Kier molecular flexibility index (Phi) is 4.61. The number of likely N-dealkylation sites (N-methyl/N-ethyl adjacent to an activating group) is 1. The van der Waals surface area contributed by atoms with Gasteiger partial charge in [-0.15, -0.1) is 0 Å². The summed E-state index contributed by atoms with van der Waals surface area (Å²) in [7, 11) is 2.05. The maximum Gasteiger partial charge on any atom is 0.237 e. The van der Waals surface area contributed by atoms with E-state index in [1.165, 1.54) is 24.4 Å². The van der Waals surface area contributed by atoms with Gasteiger partial charge < -0.3 is 15.1 Å². The molecule has 2 aromatic rings. The summed E-state index contributed by atoms with van der Waals surface area (Å²) in [6.07, 6.45) is 1.48. The van der Waals surface area contributed by atoms with E-state index in [9.17, 15) is 13.6 Å². The number of fused-ring (bicyclic) bond motifs is 1. The Morgan fingerprint density at radius 2 is 1.89 bits per heavy atom. The van der Waals surface area contributed by atoms with Crippen LogP contribution in [-0.2, 0) is 4.79 Å². The second-order valence-corrected chi connectivity index (χ2v) is 6.90. The molecule has 2 aliphatic heterocycles. The highest BCUT2D eigenvalue weighted by atomic mass is 19.1. The van der Waals surface area contributed by atoms with E-state index in [4.69, 9.17) is 0 Å². The highest BCUT2D eigenvalue weighted by molar-refractivity contribution is 6.12. The molecule has 27 heavy (non-hydrogen) atoms. The number of amides is 1. The lowest BCUT2D eigenvalue weighted by Crippen LogP contribution is -2.44. The van der Waals surface area contributed by atoms with Crippen LogP contribution in [0.15, 0.2) is 41.4 Å². The molecule has 0 aliphatic carbocycles. The van der Waals surface area contributed by atoms with Crippen molar-refractivity contribution in [1.29, 1.82) is 0 Å². The molecule has 1 N–H and O–H groups in total. The highest BCUT2D eigenvalue weighted by Gasteiger charge is 2.29. The van der Waals surface area contributed by atoms with Gasteiger partial charge in [0.15, 0.2) is 0 Å². The number of halogens is 2. The molecule has 4 rings (SSSR count). The smallest absolute Gasteiger partial charge is 0.237 e. The molecule has 1 saturated heterocycles. The fourth-order valence-corrected chi connectivity index (χ4v) is 3.45. The van der Waals surface area contributed by atoms with Crippen LogP contribution in [0.3, 0.4) is 0 Å². The number of carbonyl (C=O) groups is 1. The van der Waals surface area contributed by atoms with Crippen LogP contribution < -0.4 is 10.2 Å². The van der Waals surface area contributed by atoms with Crippen molar-refractivity contribution in [3.8, 4) is 0 Å². The molecular formula is C20H20F2N4O. The highest BCUT2D eigenvalue weighted by Crippen LogP contribution is 2.32. The van der Waals surface area contributed by atoms with Gasteiger partial charge in [-0.3, -0.25) is 9.79 Å². The Morgan fingerprint density at radius 3 is 2.63 bits per heavy atom. The maximum atomic E-state index is 14.5. The van der Waals surface area contributed by atoms with E-state index in [-0.39, 0.29) is 11.7 Å². The van der Waals surface area contributed by atoms with Gasteiger partial charge in [0.2, 0.25) is 5.91 Å². The van der Waals surface area contributed by atoms with Crippen LogP contribution >= 0.6 is 0 Å². The maximum absolute atomic E-state index is 14.5. The van der Waals surface area contributed by atoms with Crippen molar-refractivity contribution < 1.29 is 13.6 Å². The van der Waals surface area contributed by atoms with E-state index >= 15 is 0 Å². The molecule has 2 aromatic carbocycles. The number of hydrogen-bond donors (Lipinski definition) is 1. The van der Waals surface area contributed by atoms with E-state index in [1.54, 1.807) is 18.2 Å². The average Bonchev–Trinajstić information content (AvgIpc) is 2.95. The number of nitrogens with one attached hydrogen (secondary N) is 1. The largest absolute Gasteiger partial charge is 0.367 e. The fourth-order valence-electron chi connectivity index (χ4n) is 3.45. The quantitative estimate of drug-likeness (QED) is 0.845. The standard InChI is InChI=1S/C20H20F2N4O/c1-25-6-8-26(9-7-25)19-5-3-14(11-17(19)22)23-12-16-15-4-2-13(21)10-18(15)24-20(16)27/h2-5,10-12,16H,6-9H2,1H3,(H,24,27). The molecule has 0 aromatic heterocycles. The van der Waals surface area contributed by atoms with E-state index in [0.717, 1.165) is 26.2 Å². The Hall–Kier alpha value is -2.80. The molecular weight excluding hydrogens is 350 g/mol. The molecule has 1 unspecified atom stereocenters. The molecule has 0 radical (unpaired) electrons. The normalized spacial score (nSPS) is 20.2. The SMILES string of the molecule is CN1CCN(c2ccc(N=CC3C(=O)Nc4cc(F)ccc43)cc2F)CC1. The van der Waals surface area contributed by atoms with E-state index in [1.807, 2.05) is 4.90 Å². The monoisotopic (exact) mass is 370 g/mol. The van der Waals surface area contributed by atoms with Gasteiger partial charge in [0.1, 0.15) is 17.6 Å². The molecule has 2 heterocycles. The van der Waals surface area contributed by atoms with Gasteiger partial charge in [0, 0.05) is 44.1 Å². The van der Waals surface area contributed by atoms with Crippen LogP contribution in [0, 0.1) is 11.6 Å². The zero-order valence-corrected chi connectivity index (χ0v) is 15.0. The van der Waals surface area contributed by atoms with Gasteiger partial charge in [-0.2, -0.15) is 0 Å². The summed E-state index contributed by atoms with van der Waals surface area (Å²) in [4.78, 5) is 20.6. The third-order valence-electron chi connectivity index (χ3n) is 5.04. The molecule has 1 atom stereocenters. The number of rotatable bonds is 3. The van der Waals surface area contributed by atoms with Crippen LogP contribution in [0.1, 0.15) is 11.5 Å². The van der Waals surface area contributed by atoms with E-state index in [2.05, 4.69) is 22.3 Å². The topological polar surface area (TPSA) is 47.9 Å². The van der Waals surface area contributed by atoms with Crippen LogP contribution in [-0.4, -0.2) is 50.2 Å². The zero-order valence-electron chi connectivity index (χ0n) is 15.0. The number of piperazine rings is 1. The first kappa shape index (κ1) is 17.6. The van der Waals surface area contributed by atoms with Crippen LogP contribution in [0.2, 0.25) is 0 Å². The third kappa shape index (κ3) is 3.55. The zero-order chi connectivity index (χ0) is 19.0. The summed E-state index contributed by atoms with van der Waals surface area (Å²) in [5, 5.41) is 2.64. The van der Waals surface area contributed by atoms with E-state index < -0.39 is 11.7 Å². The van der Waals surface area contributed by atoms with Crippen molar-refractivity contribution in [2.45, 2.75) is 5.92 Å². The number of carbonyl (C=O) groups excluding carboxylic acids is 1. The van der Waals surface area contributed by atoms with Gasteiger partial charge in [-0.25, -0.2) is 8.78 Å². The third-order valence-corrected chi connectivity index (χ3v) is 5.04. The lowest BCUT2D eigenvalue weighted by Gasteiger charge is -2.34. The van der Waals surface area contributed by atoms with E-state index in [0.29, 0.717) is 22.6 Å². The van der Waals surface area contributed by atoms with Crippen LogP contribution in [0.4, 0.5) is 25.8 Å². The molecule has 5 nitrogen and oxygen atoms in total. The number of hydrogen-bond acceptors (Lipinski definition) is 4. The summed E-state index contributed by atoms with van der Waals surface area (Å²) < 4.78 is 27.8. The van der Waals surface area contributed by atoms with Crippen LogP contribution in [0.5, 0.6) is 0 Å². The summed E-state index contributed by atoms with van der Waals surface area (Å²) in [5.74, 6) is -1.62. The molecule has 7 heteroatoms. The van der Waals surface area contributed by atoms with Gasteiger partial charge in [0.25, 0.3) is 0 Å². The van der Waals surface area contributed by atoms with Gasteiger partial charge in [-0.05, 0) is 36.9 Å². The summed E-state index contributed by atoms with van der Waals surface area (Å²) in [5.41, 5.74) is 2.13. The van der Waals surface area contributed by atoms with Crippen molar-refractivity contribution in [2.75, 3.05) is 43.4 Å². The second kappa shape index (κ2) is 7.08. The summed E-state index contributed by atoms with van der Waals surface area (Å²) in [6, 6.07) is 9.01. The lowest BCUT2D eigenvalue weighted by molar-refractivity contribution is -0.115. The number of aliphatic imine (C=N–C) groups is 1. The van der Waals surface area contributed by atoms with Gasteiger partial charge in [-0.1, -0.05) is 6.07 Å². The molecule has 1 amide bonds. The molecule has 2 aliphatic rings. The summed E-state index contributed by atoms with van der Waals surface area (Å²) in [6.45, 7) is 3.36. The molecule has 0 saturated carbocycles. The van der Waals surface area contributed by atoms with Crippen molar-refractivity contribution in [3.63, 3.8) is 0 Å². The lowest BCUT2D eigenvalue weighted by atomic mass is 10.0. The van der Waals surface area contributed by atoms with Crippen molar-refractivity contribution >= 4 is 29.2 Å². The Labute approximate surface area is 156 Å². The minimum Gasteiger partial charge on any atom is -0.367 e. The number of benzene rings is 2. The molecule has 140 valence electrons. The fraction of sp³-hybridized carbons (Fsp3) is 0.300. The van der Waals surface area contributed by atoms with Gasteiger partial charge in [0.05, 0.1) is 11.4 Å². The molecule has 0 bridgehead atoms. The predicted octanol–water partition coefficient (Wildman–Crippen LogP) is 3.15. The molecule has 1 fully saturated rings. The molecule has 0 spiro atoms. The first-order valence-corrected chi connectivity index (χ1v) is 8.89. The van der Waals surface area contributed by atoms with Gasteiger partial charge >= 0.3 is 0 Å². The Bertz CT molecular complexity index is 907. The second-order valence-electron chi connectivity index (χ2n) is 6.90. The Morgan fingerprint density at radius 1 is 1.11 bits per heavy atom. The van der Waals surface area contributed by atoms with Crippen molar-refractivity contribution in [3.05, 3.63) is 53.6 Å².